The molecule has 5 heteroatoms. The fourth-order valence-corrected chi connectivity index (χ4v) is 3.88. The maximum Gasteiger partial charge on any atom is 0.228 e. The molecule has 3 heterocycles. The molecule has 0 saturated heterocycles. The van der Waals surface area contributed by atoms with Crippen LogP contribution in [0.5, 0.6) is 0 Å². The van der Waals surface area contributed by atoms with Gasteiger partial charge in [0.15, 0.2) is 0 Å². The fourth-order valence-electron chi connectivity index (χ4n) is 3.88. The van der Waals surface area contributed by atoms with Crippen LogP contribution in [0.3, 0.4) is 0 Å². The zero-order valence-corrected chi connectivity index (χ0v) is 17.1. The van der Waals surface area contributed by atoms with Crippen LogP contribution in [-0.4, -0.2) is 15.5 Å². The van der Waals surface area contributed by atoms with E-state index in [4.69, 9.17) is 4.42 Å². The van der Waals surface area contributed by atoms with Gasteiger partial charge in [-0.15, -0.1) is 0 Å². The molecule has 0 aliphatic rings. The van der Waals surface area contributed by atoms with E-state index in [1.165, 1.54) is 0 Å². The highest BCUT2D eigenvalue weighted by Gasteiger charge is 2.11. The van der Waals surface area contributed by atoms with Gasteiger partial charge in [-0.3, -0.25) is 9.78 Å². The van der Waals surface area contributed by atoms with E-state index in [1.54, 1.807) is 18.7 Å². The number of aryl methyl sites for hydroxylation is 1. The number of rotatable bonds is 5. The van der Waals surface area contributed by atoms with E-state index in [-0.39, 0.29) is 5.91 Å². The van der Waals surface area contributed by atoms with Crippen molar-refractivity contribution in [3.05, 3.63) is 103 Å². The van der Waals surface area contributed by atoms with Crippen LogP contribution in [0.2, 0.25) is 0 Å². The molecule has 0 fully saturated rings. The summed E-state index contributed by atoms with van der Waals surface area (Å²) in [6.07, 6.45) is 5.40. The number of aromatic nitrogens is 2. The van der Waals surface area contributed by atoms with Gasteiger partial charge in [0, 0.05) is 40.4 Å². The first-order chi connectivity index (χ1) is 15.2. The second-order valence-electron chi connectivity index (χ2n) is 7.51. The quantitative estimate of drug-likeness (QED) is 0.402. The summed E-state index contributed by atoms with van der Waals surface area (Å²) in [5, 5.41) is 4.10. The molecule has 31 heavy (non-hydrogen) atoms. The molecule has 5 rings (SSSR count). The summed E-state index contributed by atoms with van der Waals surface area (Å²) in [6.45, 7) is 2.09. The number of pyridine rings is 1. The molecule has 0 bridgehead atoms. The average Bonchev–Trinajstić information content (AvgIpc) is 3.42. The van der Waals surface area contributed by atoms with Crippen molar-refractivity contribution in [3.8, 4) is 17.0 Å². The third kappa shape index (κ3) is 3.85. The maximum absolute atomic E-state index is 12.3. The van der Waals surface area contributed by atoms with Crippen LogP contribution < -0.4 is 5.32 Å². The Morgan fingerprint density at radius 3 is 2.65 bits per heavy atom. The second-order valence-corrected chi connectivity index (χ2v) is 7.51. The van der Waals surface area contributed by atoms with E-state index in [9.17, 15) is 4.79 Å². The monoisotopic (exact) mass is 407 g/mol. The maximum atomic E-state index is 12.3. The van der Waals surface area contributed by atoms with Gasteiger partial charge in [0.1, 0.15) is 5.76 Å². The predicted octanol–water partition coefficient (Wildman–Crippen LogP) is 5.78. The van der Waals surface area contributed by atoms with Crippen molar-refractivity contribution < 1.29 is 9.21 Å². The molecule has 0 radical (unpaired) electrons. The summed E-state index contributed by atoms with van der Waals surface area (Å²) in [5.74, 6) is 0.799. The van der Waals surface area contributed by atoms with Crippen molar-refractivity contribution in [2.24, 2.45) is 0 Å². The fraction of sp³-hybridized carbons (Fsp3) is 0.0769. The van der Waals surface area contributed by atoms with Crippen molar-refractivity contribution >= 4 is 22.5 Å². The number of hydrogen-bond acceptors (Lipinski definition) is 3. The van der Waals surface area contributed by atoms with Crippen LogP contribution in [0.15, 0.2) is 95.9 Å². The summed E-state index contributed by atoms with van der Waals surface area (Å²) in [7, 11) is 0. The number of amides is 1. The first-order valence-electron chi connectivity index (χ1n) is 10.1. The number of carbonyl (C=O) groups is 1. The molecule has 0 unspecified atom stereocenters. The standard InChI is InChI=1S/C26H21N3O2/c1-18-14-21-16-20(25-5-3-13-31-25)6-11-24(21)29(18)23-9-7-22(8-10-23)28-26(30)15-19-4-2-12-27-17-19/h2-14,16-17H,15H2,1H3,(H,28,30). The van der Waals surface area contributed by atoms with E-state index < -0.39 is 0 Å². The lowest BCUT2D eigenvalue weighted by Crippen LogP contribution is -2.14. The van der Waals surface area contributed by atoms with Crippen LogP contribution in [-0.2, 0) is 11.2 Å². The van der Waals surface area contributed by atoms with Crippen molar-refractivity contribution in [1.29, 1.82) is 0 Å². The lowest BCUT2D eigenvalue weighted by atomic mass is 10.1. The predicted molar refractivity (Wildman–Crippen MR) is 122 cm³/mol. The zero-order valence-electron chi connectivity index (χ0n) is 17.1. The molecule has 1 amide bonds. The van der Waals surface area contributed by atoms with Crippen LogP contribution in [0.4, 0.5) is 5.69 Å². The van der Waals surface area contributed by atoms with Crippen molar-refractivity contribution in [2.45, 2.75) is 13.3 Å². The minimum atomic E-state index is -0.0613. The third-order valence-corrected chi connectivity index (χ3v) is 5.29. The van der Waals surface area contributed by atoms with Crippen molar-refractivity contribution in [3.63, 3.8) is 0 Å². The Balaban J connectivity index is 1.38. The Morgan fingerprint density at radius 2 is 1.90 bits per heavy atom. The number of nitrogens with one attached hydrogen (secondary N) is 1. The van der Waals surface area contributed by atoms with Gasteiger partial charge in [-0.2, -0.15) is 0 Å². The lowest BCUT2D eigenvalue weighted by Gasteiger charge is -2.11. The Kier molecular flexibility index (Phi) is 4.84. The molecule has 3 aromatic heterocycles. The van der Waals surface area contributed by atoms with Gasteiger partial charge in [-0.25, -0.2) is 0 Å². The van der Waals surface area contributed by atoms with Gasteiger partial charge in [-0.1, -0.05) is 6.07 Å². The van der Waals surface area contributed by atoms with Crippen LogP contribution in [0.25, 0.3) is 27.9 Å². The largest absolute Gasteiger partial charge is 0.464 e. The normalized spacial score (nSPS) is 11.0. The molecule has 0 aliphatic carbocycles. The number of nitrogens with zero attached hydrogens (tertiary/aromatic N) is 2. The molecule has 152 valence electrons. The summed E-state index contributed by atoms with van der Waals surface area (Å²) < 4.78 is 7.74. The van der Waals surface area contributed by atoms with Gasteiger partial charge in [-0.05, 0) is 79.2 Å². The van der Waals surface area contributed by atoms with Crippen LogP contribution in [0.1, 0.15) is 11.3 Å². The molecule has 0 saturated carbocycles. The van der Waals surface area contributed by atoms with E-state index in [0.717, 1.165) is 44.9 Å². The topological polar surface area (TPSA) is 60.1 Å². The number of hydrogen-bond donors (Lipinski definition) is 1. The Bertz CT molecular complexity index is 1340. The molecular formula is C26H21N3O2. The Labute approximate surface area is 180 Å². The highest BCUT2D eigenvalue weighted by Crippen LogP contribution is 2.29. The van der Waals surface area contributed by atoms with Gasteiger partial charge in [0.25, 0.3) is 0 Å². The summed E-state index contributed by atoms with van der Waals surface area (Å²) >= 11 is 0. The van der Waals surface area contributed by atoms with Crippen LogP contribution in [0, 0.1) is 6.92 Å². The Morgan fingerprint density at radius 1 is 1.03 bits per heavy atom. The molecule has 5 aromatic rings. The van der Waals surface area contributed by atoms with E-state index in [1.807, 2.05) is 48.5 Å². The minimum Gasteiger partial charge on any atom is -0.464 e. The molecular weight excluding hydrogens is 386 g/mol. The molecule has 0 aliphatic heterocycles. The van der Waals surface area contributed by atoms with E-state index in [0.29, 0.717) is 6.42 Å². The summed E-state index contributed by atoms with van der Waals surface area (Å²) in [4.78, 5) is 16.4. The molecule has 0 spiro atoms. The van der Waals surface area contributed by atoms with E-state index >= 15 is 0 Å². The number of furan rings is 1. The molecule has 2 aromatic carbocycles. The smallest absolute Gasteiger partial charge is 0.228 e. The minimum absolute atomic E-state index is 0.0613. The molecule has 5 nitrogen and oxygen atoms in total. The lowest BCUT2D eigenvalue weighted by molar-refractivity contribution is -0.115. The summed E-state index contributed by atoms with van der Waals surface area (Å²) in [6, 6.07) is 24.0. The highest BCUT2D eigenvalue weighted by molar-refractivity contribution is 5.92. The number of fused-ring (bicyclic) bond motifs is 1. The summed E-state index contributed by atoms with van der Waals surface area (Å²) in [5.41, 5.74) is 6.03. The first-order valence-corrected chi connectivity index (χ1v) is 10.1. The second kappa shape index (κ2) is 7.95. The van der Waals surface area contributed by atoms with Gasteiger partial charge in [0.2, 0.25) is 5.91 Å². The van der Waals surface area contributed by atoms with Gasteiger partial charge in [0.05, 0.1) is 18.2 Å². The zero-order chi connectivity index (χ0) is 21.2. The molecule has 0 atom stereocenters. The van der Waals surface area contributed by atoms with Crippen molar-refractivity contribution in [2.75, 3.05) is 5.32 Å². The first kappa shape index (κ1) is 18.9. The number of anilines is 1. The molecule has 1 N–H and O–H groups in total. The van der Waals surface area contributed by atoms with Gasteiger partial charge >= 0.3 is 0 Å². The van der Waals surface area contributed by atoms with Crippen molar-refractivity contribution in [1.82, 2.24) is 9.55 Å². The number of carbonyl (C=O) groups excluding carboxylic acids is 1. The SMILES string of the molecule is Cc1cc2cc(-c3ccco3)ccc2n1-c1ccc(NC(=O)Cc2cccnc2)cc1. The van der Waals surface area contributed by atoms with Crippen LogP contribution >= 0.6 is 0 Å². The van der Waals surface area contributed by atoms with E-state index in [2.05, 4.69) is 46.1 Å². The number of benzene rings is 2. The Hall–Kier alpha value is -4.12. The highest BCUT2D eigenvalue weighted by atomic mass is 16.3. The third-order valence-electron chi connectivity index (χ3n) is 5.29. The van der Waals surface area contributed by atoms with Gasteiger partial charge < -0.3 is 14.3 Å². The average molecular weight is 407 g/mol.